The maximum absolute atomic E-state index is 4.28. The average molecular weight is 245 g/mol. The predicted molar refractivity (Wildman–Crippen MR) is 70.1 cm³/mol. The monoisotopic (exact) mass is 245 g/mol. The molecule has 2 aromatic rings. The molecule has 1 aromatic carbocycles. The Labute approximate surface area is 106 Å². The molecule has 0 spiro atoms. The second-order valence-corrected chi connectivity index (χ2v) is 4.85. The van der Waals surface area contributed by atoms with Crippen LogP contribution in [0.1, 0.15) is 11.1 Å². The van der Waals surface area contributed by atoms with Gasteiger partial charge in [-0.3, -0.25) is 4.98 Å². The number of aryl methyl sites for hydroxylation is 1. The number of nitrogens with zero attached hydrogens (tertiary/aromatic N) is 2. The molecule has 4 heteroatoms. The molecular formula is C13H15N3S. The molecule has 2 rings (SSSR count). The van der Waals surface area contributed by atoms with E-state index in [1.165, 1.54) is 16.0 Å². The lowest BCUT2D eigenvalue weighted by atomic mass is 10.1. The molecule has 3 nitrogen and oxygen atoms in total. The van der Waals surface area contributed by atoms with E-state index in [0.29, 0.717) is 0 Å². The summed E-state index contributed by atoms with van der Waals surface area (Å²) in [5, 5.41) is 4.11. The van der Waals surface area contributed by atoms with Crippen LogP contribution in [0.3, 0.4) is 0 Å². The van der Waals surface area contributed by atoms with Gasteiger partial charge in [0.05, 0.1) is 6.20 Å². The summed E-state index contributed by atoms with van der Waals surface area (Å²) in [4.78, 5) is 9.58. The number of hydrogen-bond donors (Lipinski definition) is 1. The molecule has 0 fully saturated rings. The molecule has 0 aliphatic heterocycles. The van der Waals surface area contributed by atoms with Crippen LogP contribution in [-0.2, 0) is 6.54 Å². The van der Waals surface area contributed by atoms with Crippen molar-refractivity contribution in [3.63, 3.8) is 0 Å². The molecule has 0 atom stereocenters. The Morgan fingerprint density at radius 1 is 1.29 bits per heavy atom. The van der Waals surface area contributed by atoms with Crippen molar-refractivity contribution >= 4 is 11.8 Å². The second-order valence-electron chi connectivity index (χ2n) is 3.79. The van der Waals surface area contributed by atoms with E-state index in [1.807, 2.05) is 7.05 Å². The van der Waals surface area contributed by atoms with Gasteiger partial charge >= 0.3 is 0 Å². The van der Waals surface area contributed by atoms with Crippen LogP contribution in [0.5, 0.6) is 0 Å². The normalized spacial score (nSPS) is 10.5. The fourth-order valence-electron chi connectivity index (χ4n) is 1.59. The highest BCUT2D eigenvalue weighted by molar-refractivity contribution is 7.99. The summed E-state index contributed by atoms with van der Waals surface area (Å²) in [6.07, 6.45) is 5.19. The predicted octanol–water partition coefficient (Wildman–Crippen LogP) is 2.66. The van der Waals surface area contributed by atoms with Gasteiger partial charge in [-0.25, -0.2) is 4.98 Å². The first-order chi connectivity index (χ1) is 8.29. The smallest absolute Gasteiger partial charge is 0.119 e. The summed E-state index contributed by atoms with van der Waals surface area (Å²) >= 11 is 1.65. The highest BCUT2D eigenvalue weighted by Gasteiger charge is 2.05. The fraction of sp³-hybridized carbons (Fsp3) is 0.231. The number of benzene rings is 1. The number of hydrogen-bond acceptors (Lipinski definition) is 4. The standard InChI is InChI=1S/C13H15N3S/c1-10-3-4-12(11(7-10)8-14-2)17-13-9-15-5-6-16-13/h3-7,9,14H,8H2,1-2H3. The number of aromatic nitrogens is 2. The number of nitrogens with one attached hydrogen (secondary N) is 1. The SMILES string of the molecule is CNCc1cc(C)ccc1Sc1cnccn1. The van der Waals surface area contributed by atoms with Crippen molar-refractivity contribution in [1.82, 2.24) is 15.3 Å². The Balaban J connectivity index is 2.26. The molecule has 1 aromatic heterocycles. The third-order valence-electron chi connectivity index (χ3n) is 2.34. The molecule has 1 heterocycles. The Morgan fingerprint density at radius 2 is 2.18 bits per heavy atom. The third-order valence-corrected chi connectivity index (χ3v) is 3.38. The van der Waals surface area contributed by atoms with Crippen molar-refractivity contribution in [1.29, 1.82) is 0 Å². The minimum atomic E-state index is 0.865. The fourth-order valence-corrected chi connectivity index (χ4v) is 2.44. The Bertz CT molecular complexity index is 485. The van der Waals surface area contributed by atoms with Gasteiger partial charge in [-0.05, 0) is 25.6 Å². The second kappa shape index (κ2) is 5.80. The van der Waals surface area contributed by atoms with Gasteiger partial charge in [0, 0.05) is 23.8 Å². The topological polar surface area (TPSA) is 37.8 Å². The molecule has 0 aliphatic rings. The molecule has 0 saturated carbocycles. The van der Waals surface area contributed by atoms with Crippen LogP contribution in [0.15, 0.2) is 46.7 Å². The van der Waals surface area contributed by atoms with Crippen LogP contribution in [0.2, 0.25) is 0 Å². The summed E-state index contributed by atoms with van der Waals surface area (Å²) in [6.45, 7) is 2.97. The Kier molecular flexibility index (Phi) is 4.12. The van der Waals surface area contributed by atoms with Gasteiger partial charge in [-0.2, -0.15) is 0 Å². The van der Waals surface area contributed by atoms with E-state index in [1.54, 1.807) is 30.4 Å². The van der Waals surface area contributed by atoms with Gasteiger partial charge in [0.2, 0.25) is 0 Å². The van der Waals surface area contributed by atoms with Crippen molar-refractivity contribution in [3.05, 3.63) is 47.9 Å². The molecule has 1 N–H and O–H groups in total. The molecule has 0 unspecified atom stereocenters. The molecule has 0 aliphatic carbocycles. The Hall–Kier alpha value is -1.39. The quantitative estimate of drug-likeness (QED) is 0.898. The van der Waals surface area contributed by atoms with E-state index < -0.39 is 0 Å². The Morgan fingerprint density at radius 3 is 2.88 bits per heavy atom. The van der Waals surface area contributed by atoms with E-state index in [2.05, 4.69) is 40.4 Å². The van der Waals surface area contributed by atoms with E-state index in [4.69, 9.17) is 0 Å². The van der Waals surface area contributed by atoms with E-state index in [-0.39, 0.29) is 0 Å². The number of rotatable bonds is 4. The minimum Gasteiger partial charge on any atom is -0.316 e. The van der Waals surface area contributed by atoms with Crippen LogP contribution in [-0.4, -0.2) is 17.0 Å². The maximum atomic E-state index is 4.28. The van der Waals surface area contributed by atoms with Crippen LogP contribution in [0, 0.1) is 6.92 Å². The minimum absolute atomic E-state index is 0.865. The van der Waals surface area contributed by atoms with Gasteiger partial charge < -0.3 is 5.32 Å². The largest absolute Gasteiger partial charge is 0.316 e. The van der Waals surface area contributed by atoms with Crippen molar-refractivity contribution in [2.75, 3.05) is 7.05 Å². The zero-order valence-corrected chi connectivity index (χ0v) is 10.8. The zero-order valence-electron chi connectivity index (χ0n) is 9.97. The molecule has 0 bridgehead atoms. The van der Waals surface area contributed by atoms with E-state index in [9.17, 15) is 0 Å². The molecule has 0 radical (unpaired) electrons. The van der Waals surface area contributed by atoms with E-state index >= 15 is 0 Å². The van der Waals surface area contributed by atoms with Crippen LogP contribution in [0.4, 0.5) is 0 Å². The maximum Gasteiger partial charge on any atom is 0.119 e. The van der Waals surface area contributed by atoms with Crippen LogP contribution in [0.25, 0.3) is 0 Å². The van der Waals surface area contributed by atoms with Gasteiger partial charge in [0.1, 0.15) is 5.03 Å². The summed E-state index contributed by atoms with van der Waals surface area (Å²) in [7, 11) is 1.96. The summed E-state index contributed by atoms with van der Waals surface area (Å²) in [5.41, 5.74) is 2.57. The van der Waals surface area contributed by atoms with Gasteiger partial charge in [0.25, 0.3) is 0 Å². The van der Waals surface area contributed by atoms with Gasteiger partial charge in [-0.1, -0.05) is 29.5 Å². The van der Waals surface area contributed by atoms with Crippen LogP contribution < -0.4 is 5.32 Å². The molecule has 0 saturated heterocycles. The molecule has 17 heavy (non-hydrogen) atoms. The first-order valence-electron chi connectivity index (χ1n) is 5.47. The first kappa shape index (κ1) is 12.1. The summed E-state index contributed by atoms with van der Waals surface area (Å²) < 4.78 is 0. The van der Waals surface area contributed by atoms with Crippen molar-refractivity contribution in [2.24, 2.45) is 0 Å². The van der Waals surface area contributed by atoms with Crippen molar-refractivity contribution in [2.45, 2.75) is 23.4 Å². The highest BCUT2D eigenvalue weighted by Crippen LogP contribution is 2.29. The van der Waals surface area contributed by atoms with Gasteiger partial charge in [0.15, 0.2) is 0 Å². The third kappa shape index (κ3) is 3.28. The molecule has 88 valence electrons. The lowest BCUT2D eigenvalue weighted by Crippen LogP contribution is -2.06. The summed E-state index contributed by atoms with van der Waals surface area (Å²) in [6, 6.07) is 6.47. The van der Waals surface area contributed by atoms with E-state index in [0.717, 1.165) is 11.6 Å². The summed E-state index contributed by atoms with van der Waals surface area (Å²) in [5.74, 6) is 0. The van der Waals surface area contributed by atoms with Crippen molar-refractivity contribution < 1.29 is 0 Å². The van der Waals surface area contributed by atoms with Crippen molar-refractivity contribution in [3.8, 4) is 0 Å². The zero-order chi connectivity index (χ0) is 12.1. The lowest BCUT2D eigenvalue weighted by molar-refractivity contribution is 0.802. The molecular weight excluding hydrogens is 230 g/mol. The molecule has 0 amide bonds. The highest BCUT2D eigenvalue weighted by atomic mass is 32.2. The van der Waals surface area contributed by atoms with Gasteiger partial charge in [-0.15, -0.1) is 0 Å². The first-order valence-corrected chi connectivity index (χ1v) is 6.29. The lowest BCUT2D eigenvalue weighted by Gasteiger charge is -2.09. The van der Waals surface area contributed by atoms with Crippen LogP contribution >= 0.6 is 11.8 Å². The average Bonchev–Trinajstić information content (AvgIpc) is 2.34.